The van der Waals surface area contributed by atoms with Crippen LogP contribution in [0, 0.1) is 0 Å². The summed E-state index contributed by atoms with van der Waals surface area (Å²) in [6.07, 6.45) is 2.85. The molecular formula is C11H16N2O2. The van der Waals surface area contributed by atoms with E-state index in [1.165, 1.54) is 6.08 Å². The maximum absolute atomic E-state index is 10.5. The maximum atomic E-state index is 10.5. The van der Waals surface area contributed by atoms with Crippen LogP contribution >= 0.6 is 0 Å². The SMILES string of the molecule is CCN(CC)c1ccc(/C=C\C(N)=O)o1. The number of anilines is 1. The van der Waals surface area contributed by atoms with Crippen LogP contribution in [-0.4, -0.2) is 19.0 Å². The second-order valence-corrected chi connectivity index (χ2v) is 3.08. The van der Waals surface area contributed by atoms with E-state index < -0.39 is 5.91 Å². The van der Waals surface area contributed by atoms with Crippen LogP contribution in [0.3, 0.4) is 0 Å². The van der Waals surface area contributed by atoms with Gasteiger partial charge in [0.2, 0.25) is 5.91 Å². The quantitative estimate of drug-likeness (QED) is 0.748. The largest absolute Gasteiger partial charge is 0.441 e. The number of rotatable bonds is 5. The zero-order valence-electron chi connectivity index (χ0n) is 9.06. The number of carbonyl (C=O) groups excluding carboxylic acids is 1. The van der Waals surface area contributed by atoms with Gasteiger partial charge in [-0.2, -0.15) is 0 Å². The first-order valence-corrected chi connectivity index (χ1v) is 4.99. The topological polar surface area (TPSA) is 59.5 Å². The molecule has 0 atom stereocenters. The Hall–Kier alpha value is -1.71. The number of hydrogen-bond acceptors (Lipinski definition) is 3. The van der Waals surface area contributed by atoms with Crippen LogP contribution in [0.2, 0.25) is 0 Å². The van der Waals surface area contributed by atoms with E-state index in [2.05, 4.69) is 18.7 Å². The van der Waals surface area contributed by atoms with Crippen LogP contribution in [0.4, 0.5) is 5.88 Å². The summed E-state index contributed by atoms with van der Waals surface area (Å²) in [6, 6.07) is 3.70. The van der Waals surface area contributed by atoms with Crippen molar-refractivity contribution in [2.24, 2.45) is 5.73 Å². The third-order valence-corrected chi connectivity index (χ3v) is 2.10. The Morgan fingerprint density at radius 2 is 2.13 bits per heavy atom. The van der Waals surface area contributed by atoms with Gasteiger partial charge in [-0.25, -0.2) is 0 Å². The Kier molecular flexibility index (Phi) is 3.97. The molecule has 1 aromatic heterocycles. The van der Waals surface area contributed by atoms with Gasteiger partial charge in [0.25, 0.3) is 0 Å². The first kappa shape index (κ1) is 11.4. The van der Waals surface area contributed by atoms with Crippen LogP contribution in [0.5, 0.6) is 0 Å². The lowest BCUT2D eigenvalue weighted by molar-refractivity contribution is -0.113. The molecule has 4 nitrogen and oxygen atoms in total. The third kappa shape index (κ3) is 3.16. The average Bonchev–Trinajstić information content (AvgIpc) is 2.65. The number of amides is 1. The summed E-state index contributed by atoms with van der Waals surface area (Å²) in [5.74, 6) is 0.968. The second kappa shape index (κ2) is 5.24. The van der Waals surface area contributed by atoms with Gasteiger partial charge in [0, 0.05) is 25.2 Å². The summed E-state index contributed by atoms with van der Waals surface area (Å²) in [4.78, 5) is 12.6. The fourth-order valence-electron chi connectivity index (χ4n) is 1.30. The molecule has 0 bridgehead atoms. The molecule has 0 saturated carbocycles. The van der Waals surface area contributed by atoms with Gasteiger partial charge in [0.1, 0.15) is 5.76 Å². The van der Waals surface area contributed by atoms with Crippen molar-refractivity contribution in [3.63, 3.8) is 0 Å². The van der Waals surface area contributed by atoms with Crippen molar-refractivity contribution in [1.29, 1.82) is 0 Å². The number of carbonyl (C=O) groups is 1. The zero-order chi connectivity index (χ0) is 11.3. The Bertz CT molecular complexity index is 351. The van der Waals surface area contributed by atoms with Gasteiger partial charge in [-0.05, 0) is 26.0 Å². The molecule has 1 aromatic rings. The minimum Gasteiger partial charge on any atom is -0.441 e. The lowest BCUT2D eigenvalue weighted by Gasteiger charge is -2.16. The highest BCUT2D eigenvalue weighted by atomic mass is 16.4. The van der Waals surface area contributed by atoms with Crippen molar-refractivity contribution in [3.8, 4) is 0 Å². The molecule has 0 radical (unpaired) electrons. The molecule has 0 aliphatic heterocycles. The summed E-state index contributed by atoms with van der Waals surface area (Å²) in [5.41, 5.74) is 4.98. The fraction of sp³-hybridized carbons (Fsp3) is 0.364. The highest BCUT2D eigenvalue weighted by Crippen LogP contribution is 2.18. The second-order valence-electron chi connectivity index (χ2n) is 3.08. The molecular weight excluding hydrogens is 192 g/mol. The maximum Gasteiger partial charge on any atom is 0.241 e. The number of furan rings is 1. The Morgan fingerprint density at radius 1 is 1.47 bits per heavy atom. The molecule has 0 aromatic carbocycles. The van der Waals surface area contributed by atoms with Gasteiger partial charge in [0.15, 0.2) is 5.88 Å². The molecule has 0 aliphatic carbocycles. The van der Waals surface area contributed by atoms with Crippen molar-refractivity contribution in [3.05, 3.63) is 24.0 Å². The average molecular weight is 208 g/mol. The van der Waals surface area contributed by atoms with Crippen molar-refractivity contribution in [1.82, 2.24) is 0 Å². The van der Waals surface area contributed by atoms with Gasteiger partial charge in [-0.3, -0.25) is 4.79 Å². The summed E-state index contributed by atoms with van der Waals surface area (Å²) < 4.78 is 5.51. The van der Waals surface area contributed by atoms with Crippen molar-refractivity contribution in [2.45, 2.75) is 13.8 Å². The van der Waals surface area contributed by atoms with E-state index in [0.29, 0.717) is 5.76 Å². The van der Waals surface area contributed by atoms with Crippen LogP contribution in [0.25, 0.3) is 6.08 Å². The van der Waals surface area contributed by atoms with Gasteiger partial charge < -0.3 is 15.1 Å². The highest BCUT2D eigenvalue weighted by molar-refractivity contribution is 5.89. The lowest BCUT2D eigenvalue weighted by atomic mass is 10.4. The number of hydrogen-bond donors (Lipinski definition) is 1. The van der Waals surface area contributed by atoms with Gasteiger partial charge in [-0.1, -0.05) is 0 Å². The first-order valence-electron chi connectivity index (χ1n) is 4.99. The van der Waals surface area contributed by atoms with Crippen molar-refractivity contribution < 1.29 is 9.21 Å². The molecule has 2 N–H and O–H groups in total. The standard InChI is InChI=1S/C11H16N2O2/c1-3-13(4-2)11-8-6-9(15-11)5-7-10(12)14/h5-8H,3-4H2,1-2H3,(H2,12,14)/b7-5-. The molecule has 15 heavy (non-hydrogen) atoms. The predicted molar refractivity (Wildman–Crippen MR) is 60.5 cm³/mol. The Labute approximate surface area is 89.4 Å². The van der Waals surface area contributed by atoms with E-state index in [4.69, 9.17) is 10.2 Å². The summed E-state index contributed by atoms with van der Waals surface area (Å²) in [6.45, 7) is 5.90. The minimum absolute atomic E-state index is 0.476. The van der Waals surface area contributed by atoms with Gasteiger partial charge >= 0.3 is 0 Å². The zero-order valence-corrected chi connectivity index (χ0v) is 9.06. The molecule has 0 saturated heterocycles. The van der Waals surface area contributed by atoms with E-state index >= 15 is 0 Å². The Balaban J connectivity index is 2.75. The molecule has 0 spiro atoms. The van der Waals surface area contributed by atoms with Crippen molar-refractivity contribution in [2.75, 3.05) is 18.0 Å². The lowest BCUT2D eigenvalue weighted by Crippen LogP contribution is -2.20. The first-order chi connectivity index (χ1) is 7.17. The number of nitrogens with two attached hydrogens (primary N) is 1. The molecule has 1 amide bonds. The molecule has 82 valence electrons. The minimum atomic E-state index is -0.476. The number of primary amides is 1. The van der Waals surface area contributed by atoms with E-state index in [-0.39, 0.29) is 0 Å². The van der Waals surface area contributed by atoms with Crippen LogP contribution in [0.1, 0.15) is 19.6 Å². The van der Waals surface area contributed by atoms with E-state index in [9.17, 15) is 4.79 Å². The normalized spacial score (nSPS) is 10.8. The smallest absolute Gasteiger partial charge is 0.241 e. The van der Waals surface area contributed by atoms with Crippen LogP contribution in [0.15, 0.2) is 22.6 Å². The van der Waals surface area contributed by atoms with E-state index in [1.807, 2.05) is 12.1 Å². The molecule has 0 aliphatic rings. The molecule has 0 fully saturated rings. The molecule has 4 heteroatoms. The van der Waals surface area contributed by atoms with E-state index in [0.717, 1.165) is 19.0 Å². The summed E-state index contributed by atoms with van der Waals surface area (Å²) >= 11 is 0. The molecule has 0 unspecified atom stereocenters. The monoisotopic (exact) mass is 208 g/mol. The molecule has 1 heterocycles. The van der Waals surface area contributed by atoms with Crippen LogP contribution < -0.4 is 10.6 Å². The van der Waals surface area contributed by atoms with E-state index in [1.54, 1.807) is 6.08 Å². The third-order valence-electron chi connectivity index (χ3n) is 2.10. The van der Waals surface area contributed by atoms with Crippen molar-refractivity contribution >= 4 is 17.9 Å². The van der Waals surface area contributed by atoms with Gasteiger partial charge in [0.05, 0.1) is 0 Å². The molecule has 1 rings (SSSR count). The van der Waals surface area contributed by atoms with Gasteiger partial charge in [-0.15, -0.1) is 0 Å². The fourth-order valence-corrected chi connectivity index (χ4v) is 1.30. The summed E-state index contributed by atoms with van der Waals surface area (Å²) in [7, 11) is 0. The highest BCUT2D eigenvalue weighted by Gasteiger charge is 2.05. The van der Waals surface area contributed by atoms with Crippen LogP contribution in [-0.2, 0) is 4.79 Å². The summed E-state index contributed by atoms with van der Waals surface area (Å²) in [5, 5.41) is 0. The number of nitrogens with zero attached hydrogens (tertiary/aromatic N) is 1. The Morgan fingerprint density at radius 3 is 2.67 bits per heavy atom. The predicted octanol–water partition coefficient (Wildman–Crippen LogP) is 1.62.